The van der Waals surface area contributed by atoms with Gasteiger partial charge in [0.05, 0.1) is 16.1 Å². The minimum absolute atomic E-state index is 0.208. The number of benzene rings is 1. The van der Waals surface area contributed by atoms with Gasteiger partial charge >= 0.3 is 0 Å². The zero-order valence-electron chi connectivity index (χ0n) is 10.9. The molecule has 0 aliphatic heterocycles. The molecule has 3 aromatic rings. The average Bonchev–Trinajstić information content (AvgIpc) is 3.17. The Morgan fingerprint density at radius 3 is 2.67 bits per heavy atom. The number of thiazole rings is 1. The zero-order valence-corrected chi connectivity index (χ0v) is 12.5. The standard InChI is InChI=1S/C16H10N2OS2/c17-9-12(8-11-3-5-13(19)6-4-11)16-18-14(10-21-16)15-2-1-7-20-15/h1-8,10,19H/b12-8+. The van der Waals surface area contributed by atoms with Crippen LogP contribution in [0.3, 0.4) is 0 Å². The van der Waals surface area contributed by atoms with Gasteiger partial charge in [-0.2, -0.15) is 5.26 Å². The molecule has 2 aromatic heterocycles. The molecule has 0 spiro atoms. The number of hydrogen-bond donors (Lipinski definition) is 1. The van der Waals surface area contributed by atoms with Crippen LogP contribution in [-0.2, 0) is 0 Å². The quantitative estimate of drug-likeness (QED) is 0.717. The maximum absolute atomic E-state index is 9.34. The molecular formula is C16H10N2OS2. The van der Waals surface area contributed by atoms with E-state index < -0.39 is 0 Å². The second-order valence-corrected chi connectivity index (χ2v) is 6.08. The number of phenols is 1. The number of allylic oxidation sites excluding steroid dienone is 1. The molecule has 102 valence electrons. The average molecular weight is 310 g/mol. The van der Waals surface area contributed by atoms with Crippen molar-refractivity contribution in [3.05, 3.63) is 57.7 Å². The monoisotopic (exact) mass is 310 g/mol. The van der Waals surface area contributed by atoms with E-state index in [-0.39, 0.29) is 5.75 Å². The highest BCUT2D eigenvalue weighted by Gasteiger charge is 2.09. The predicted molar refractivity (Wildman–Crippen MR) is 87.0 cm³/mol. The molecule has 3 nitrogen and oxygen atoms in total. The van der Waals surface area contributed by atoms with Gasteiger partial charge in [-0.3, -0.25) is 0 Å². The van der Waals surface area contributed by atoms with Crippen LogP contribution in [0.5, 0.6) is 5.75 Å². The van der Waals surface area contributed by atoms with Gasteiger partial charge in [-0.05, 0) is 35.2 Å². The van der Waals surface area contributed by atoms with Gasteiger partial charge in [0.25, 0.3) is 0 Å². The summed E-state index contributed by atoms with van der Waals surface area (Å²) >= 11 is 3.09. The molecule has 0 aliphatic carbocycles. The highest BCUT2D eigenvalue weighted by molar-refractivity contribution is 7.14. The first-order valence-corrected chi connectivity index (χ1v) is 7.93. The number of thiophene rings is 1. The summed E-state index contributed by atoms with van der Waals surface area (Å²) in [6.07, 6.45) is 1.77. The molecule has 0 saturated carbocycles. The van der Waals surface area contributed by atoms with E-state index in [9.17, 15) is 10.4 Å². The van der Waals surface area contributed by atoms with E-state index in [0.29, 0.717) is 10.6 Å². The van der Waals surface area contributed by atoms with Crippen LogP contribution in [0.25, 0.3) is 22.2 Å². The number of nitriles is 1. The topological polar surface area (TPSA) is 56.9 Å². The van der Waals surface area contributed by atoms with Crippen molar-refractivity contribution in [2.75, 3.05) is 0 Å². The van der Waals surface area contributed by atoms with Gasteiger partial charge in [-0.15, -0.1) is 22.7 Å². The lowest BCUT2D eigenvalue weighted by Gasteiger charge is -1.96. The van der Waals surface area contributed by atoms with Crippen LogP contribution in [0.2, 0.25) is 0 Å². The van der Waals surface area contributed by atoms with Crippen molar-refractivity contribution in [3.63, 3.8) is 0 Å². The van der Waals surface area contributed by atoms with Crippen molar-refractivity contribution in [1.82, 2.24) is 4.98 Å². The van der Waals surface area contributed by atoms with Crippen LogP contribution >= 0.6 is 22.7 Å². The van der Waals surface area contributed by atoms with Gasteiger partial charge in [0.1, 0.15) is 16.8 Å². The summed E-state index contributed by atoms with van der Waals surface area (Å²) < 4.78 is 0. The van der Waals surface area contributed by atoms with Gasteiger partial charge in [0, 0.05) is 5.38 Å². The van der Waals surface area contributed by atoms with Crippen molar-refractivity contribution >= 4 is 34.3 Å². The smallest absolute Gasteiger partial charge is 0.134 e. The number of rotatable bonds is 3. The number of nitrogens with zero attached hydrogens (tertiary/aromatic N) is 2. The van der Waals surface area contributed by atoms with E-state index >= 15 is 0 Å². The first-order chi connectivity index (χ1) is 10.3. The lowest BCUT2D eigenvalue weighted by molar-refractivity contribution is 0.475. The maximum Gasteiger partial charge on any atom is 0.134 e. The molecule has 0 aliphatic rings. The Balaban J connectivity index is 1.94. The van der Waals surface area contributed by atoms with Crippen LogP contribution in [-0.4, -0.2) is 10.1 Å². The molecule has 0 amide bonds. The third-order valence-electron chi connectivity index (χ3n) is 2.83. The number of phenolic OH excluding ortho intramolecular Hbond substituents is 1. The third kappa shape index (κ3) is 3.02. The van der Waals surface area contributed by atoms with Crippen LogP contribution in [0, 0.1) is 11.3 Å². The fraction of sp³-hybridized carbons (Fsp3) is 0. The fourth-order valence-corrected chi connectivity index (χ4v) is 3.36. The van der Waals surface area contributed by atoms with E-state index in [1.165, 1.54) is 11.3 Å². The molecule has 0 radical (unpaired) electrons. The first-order valence-electron chi connectivity index (χ1n) is 6.17. The Labute approximate surface area is 130 Å². The summed E-state index contributed by atoms with van der Waals surface area (Å²) in [6, 6.07) is 12.9. The first kappa shape index (κ1) is 13.6. The fourth-order valence-electron chi connectivity index (χ4n) is 1.81. The van der Waals surface area contributed by atoms with Crippen molar-refractivity contribution in [2.24, 2.45) is 0 Å². The van der Waals surface area contributed by atoms with Crippen LogP contribution in [0.1, 0.15) is 10.6 Å². The van der Waals surface area contributed by atoms with Crippen molar-refractivity contribution in [3.8, 4) is 22.4 Å². The molecule has 0 saturated heterocycles. The molecule has 1 N–H and O–H groups in total. The SMILES string of the molecule is N#C/C(=C\c1ccc(O)cc1)c1nc(-c2cccs2)cs1. The number of hydrogen-bond acceptors (Lipinski definition) is 5. The molecule has 0 fully saturated rings. The van der Waals surface area contributed by atoms with Gasteiger partial charge in [-0.25, -0.2) is 4.98 Å². The van der Waals surface area contributed by atoms with E-state index in [4.69, 9.17) is 0 Å². The summed E-state index contributed by atoms with van der Waals surface area (Å²) in [5, 5.41) is 23.3. The third-order valence-corrected chi connectivity index (χ3v) is 4.60. The predicted octanol–water partition coefficient (Wildman–Crippen LogP) is 4.64. The molecule has 2 heterocycles. The summed E-state index contributed by atoms with van der Waals surface area (Å²) in [7, 11) is 0. The Kier molecular flexibility index (Phi) is 3.82. The van der Waals surface area contributed by atoms with Crippen molar-refractivity contribution in [2.45, 2.75) is 0 Å². The number of aromatic hydroxyl groups is 1. The summed E-state index contributed by atoms with van der Waals surface area (Å²) in [5.41, 5.74) is 2.28. The van der Waals surface area contributed by atoms with E-state index in [1.807, 2.05) is 22.9 Å². The van der Waals surface area contributed by atoms with Gasteiger partial charge < -0.3 is 5.11 Å². The molecular weight excluding hydrogens is 300 g/mol. The minimum Gasteiger partial charge on any atom is -0.508 e. The molecule has 3 rings (SSSR count). The summed E-state index contributed by atoms with van der Waals surface area (Å²) in [4.78, 5) is 5.62. The normalized spacial score (nSPS) is 11.3. The molecule has 0 atom stereocenters. The second kappa shape index (κ2) is 5.92. The number of aromatic nitrogens is 1. The molecule has 0 bridgehead atoms. The molecule has 5 heteroatoms. The lowest BCUT2D eigenvalue weighted by atomic mass is 10.1. The van der Waals surface area contributed by atoms with E-state index in [1.54, 1.807) is 41.7 Å². The molecule has 21 heavy (non-hydrogen) atoms. The van der Waals surface area contributed by atoms with Crippen molar-refractivity contribution in [1.29, 1.82) is 5.26 Å². The van der Waals surface area contributed by atoms with Crippen molar-refractivity contribution < 1.29 is 5.11 Å². The van der Waals surface area contributed by atoms with Crippen LogP contribution in [0.4, 0.5) is 0 Å². The van der Waals surface area contributed by atoms with Gasteiger partial charge in [0.15, 0.2) is 0 Å². The largest absolute Gasteiger partial charge is 0.508 e. The summed E-state index contributed by atoms with van der Waals surface area (Å²) in [6.45, 7) is 0. The van der Waals surface area contributed by atoms with E-state index in [2.05, 4.69) is 11.1 Å². The zero-order chi connectivity index (χ0) is 14.7. The Morgan fingerprint density at radius 2 is 2.00 bits per heavy atom. The van der Waals surface area contributed by atoms with Crippen LogP contribution < -0.4 is 0 Å². The van der Waals surface area contributed by atoms with E-state index in [0.717, 1.165) is 16.1 Å². The Morgan fingerprint density at radius 1 is 1.19 bits per heavy atom. The molecule has 0 unspecified atom stereocenters. The Hall–Kier alpha value is -2.42. The second-order valence-electron chi connectivity index (χ2n) is 4.28. The lowest BCUT2D eigenvalue weighted by Crippen LogP contribution is -1.81. The highest BCUT2D eigenvalue weighted by Crippen LogP contribution is 2.29. The Bertz CT molecular complexity index is 809. The maximum atomic E-state index is 9.34. The van der Waals surface area contributed by atoms with Crippen LogP contribution in [0.15, 0.2) is 47.2 Å². The van der Waals surface area contributed by atoms with Gasteiger partial charge in [0.2, 0.25) is 0 Å². The minimum atomic E-state index is 0.208. The summed E-state index contributed by atoms with van der Waals surface area (Å²) in [5.74, 6) is 0.208. The molecule has 1 aromatic carbocycles. The van der Waals surface area contributed by atoms with Gasteiger partial charge in [-0.1, -0.05) is 18.2 Å². The highest BCUT2D eigenvalue weighted by atomic mass is 32.1.